The largest absolute Gasteiger partial charge is 0.102 e. The summed E-state index contributed by atoms with van der Waals surface area (Å²) < 4.78 is 0. The van der Waals surface area contributed by atoms with Crippen LogP contribution in [0.15, 0.2) is 0 Å². The van der Waals surface area contributed by atoms with Gasteiger partial charge in [0.15, 0.2) is 0 Å². The summed E-state index contributed by atoms with van der Waals surface area (Å²) in [6.45, 7) is -34.9. The lowest BCUT2D eigenvalue weighted by Gasteiger charge is -2.65. The Morgan fingerprint density at radius 2 is 0.0968 bits per heavy atom. The van der Waals surface area contributed by atoms with E-state index in [1.165, 1.54) is 0 Å². The Balaban J connectivity index is 17.0. The van der Waals surface area contributed by atoms with Crippen molar-refractivity contribution in [3.05, 3.63) is 0 Å². The molecule has 0 N–H and O–H groups in total. The SMILES string of the molecule is PP(P)P(P)P(P(P(P)P)P(P)P)P(P(P(P(P)P)P(P)P)P(P(P)P)P(P)P)P(P(P(P(P(P)P)P(P)P)P(P(P)P)P(P)P)P(P(P(P)P)P(P)P)P(P(P)P)P(P)P)P(P(P(P(P(P)P)P(P)P)P(P(P)P)P(P)P)P(P(P(P)P)P(P)P)P(P(P)P)P(P)P)P(P(P(P(P)P)P(P)P)P(P(P)P)P(P)P)P(P(P(P)P)P(P)P)P(P(P)P)P(P)P. The maximum Gasteiger partial charge on any atom is -0.000000166 e. The highest BCUT2D eigenvalue weighted by Gasteiger charge is 2.70. The highest BCUT2D eigenvalue weighted by molar-refractivity contribution is 9.63. The monoisotopic (exact) mass is 3970 g/mol. The average Bonchev–Trinajstić information content (AvgIpc) is 0.699. The van der Waals surface area contributed by atoms with Crippen molar-refractivity contribution in [3.63, 3.8) is 0 Å². The van der Waals surface area contributed by atoms with E-state index in [9.17, 15) is 0 Å². The molecule has 0 aliphatic heterocycles. The second-order valence-corrected chi connectivity index (χ2v) is 537. The van der Waals surface area contributed by atoms with Gasteiger partial charge in [0, 0.05) is 0 Å². The summed E-state index contributed by atoms with van der Waals surface area (Å²) in [4.78, 5) is 0. The van der Waals surface area contributed by atoms with E-state index < -0.39 is 426 Å². The topological polar surface area (TPSA) is 0 Å². The predicted molar refractivity (Wildman–Crippen MR) is 1030 cm³/mol. The minimum absolute atomic E-state index is 0.522. The first kappa shape index (κ1) is 177. The first-order chi connectivity index (χ1) is 56.4. The van der Waals surface area contributed by atoms with Crippen molar-refractivity contribution in [2.45, 2.75) is 0 Å². The summed E-state index contributed by atoms with van der Waals surface area (Å²) in [5, 5.41) is 0. The molecule has 0 aliphatic rings. The second kappa shape index (κ2) is 97.0. The van der Waals surface area contributed by atoms with Crippen LogP contribution in [0.4, 0.5) is 0 Å². The van der Waals surface area contributed by atoms with Crippen LogP contribution in [0.25, 0.3) is 0 Å². The third-order valence-electron chi connectivity index (χ3n) is 11.1. The average molecular weight is 3970 g/mol. The van der Waals surface area contributed by atoms with Crippen LogP contribution in [0.2, 0.25) is 0 Å². The summed E-state index contributed by atoms with van der Waals surface area (Å²) in [6, 6.07) is 0. The lowest BCUT2D eigenvalue weighted by atomic mass is 28.3. The van der Waals surface area contributed by atoms with Crippen molar-refractivity contribution in [1.29, 1.82) is 0 Å². The van der Waals surface area contributed by atoms with Crippen LogP contribution in [0.5, 0.6) is 0 Å². The molecule has 0 bridgehead atoms. The second-order valence-electron chi connectivity index (χ2n) is 19.9. The van der Waals surface area contributed by atoms with Gasteiger partial charge >= 0.3 is 0 Å². The van der Waals surface area contributed by atoms with Crippen LogP contribution < -0.4 is 0 Å². The molecule has 124 heavy (non-hydrogen) atoms. The van der Waals surface area contributed by atoms with Crippen molar-refractivity contribution >= 4 is 989 Å². The van der Waals surface area contributed by atoms with E-state index in [0.717, 1.165) is 0 Å². The van der Waals surface area contributed by atoms with Gasteiger partial charge in [-0.05, 0) is 426 Å². The standard InChI is InChI=1S/H126P124/c1-64(2)95(63)111(96(65(3)4)66(5)6)119(112(97(67(7)8)68(9)10)98(69(11)12)70(13)14)123(120(113(99(71(15)16)72(17)18)100(73(19)20)74(21)22)114(101(75(23)24)76(25)26)102(77(27)28)78(29)30)124(121(115(103(79(31)32)80(33)34)104(81(35)36)82(37)38)116(105(83(39)40)84(41)42)106(85(43)44)86(45)46)122(117(107(87(47)48)88(49)50)108(89(51)52)90(53)54)118(109(91(55)56)92(57)58)110(93(59)60)94(61)62/h1-63H2. The van der Waals surface area contributed by atoms with Gasteiger partial charge in [-0.15, -0.1) is 562 Å². The molecule has 0 spiro atoms. The highest BCUT2D eigenvalue weighted by Crippen LogP contribution is 3.57. The van der Waals surface area contributed by atoms with E-state index in [-0.39, 0.29) is 0 Å². The van der Waals surface area contributed by atoms with E-state index in [0.29, 0.717) is 0 Å². The zero-order valence-electron chi connectivity index (χ0n) is 63.7. The normalized spacial score (nSPS) is 15.7. The summed E-state index contributed by atoms with van der Waals surface area (Å²) in [5.41, 5.74) is 0. The Morgan fingerprint density at radius 3 is 0.153 bits per heavy atom. The number of hydrogen-bond acceptors (Lipinski definition) is 0. The Morgan fingerprint density at radius 1 is 0.0484 bits per heavy atom. The first-order valence-electron chi connectivity index (χ1n) is 28.3. The lowest BCUT2D eigenvalue weighted by Crippen LogP contribution is -1.78. The predicted octanol–water partition coefficient (Wildman–Crippen LogP) is 73.1. The maximum absolute atomic E-state index is 4.24. The molecule has 0 radical (unpaired) electrons. The third-order valence-corrected chi connectivity index (χ3v) is 899. The van der Waals surface area contributed by atoms with Gasteiger partial charge in [0.2, 0.25) is 0 Å². The van der Waals surface area contributed by atoms with Crippen LogP contribution in [0, 0.1) is 0 Å². The Hall–Kier alpha value is 53.3. The van der Waals surface area contributed by atoms with Crippen LogP contribution in [0.1, 0.15) is 0 Å². The summed E-state index contributed by atoms with van der Waals surface area (Å²) in [5.74, 6) is 0. The number of hydrogen-bond donors (Lipinski definition) is 0. The minimum Gasteiger partial charge on any atom is -0.102 e. The molecule has 0 nitrogen and oxygen atoms in total. The fourth-order valence-corrected chi connectivity index (χ4v) is 1870. The zero-order valence-corrected chi connectivity index (χ0v) is 191. The molecule has 0 amide bonds. The minimum atomic E-state index is -0.851. The first-order valence-corrected chi connectivity index (χ1v) is 254. The van der Waals surface area contributed by atoms with Gasteiger partial charge in [0.25, 0.3) is 0 Å². The molecule has 0 heterocycles. The Bertz CT molecular complexity index is 2200. The molecule has 0 aromatic heterocycles. The Labute approximate surface area is 972 Å². The molecule has 746 valence electrons. The summed E-state index contributed by atoms with van der Waals surface area (Å²) in [6.07, 6.45) is 0. The van der Waals surface area contributed by atoms with Gasteiger partial charge in [-0.25, -0.2) is 0 Å². The summed E-state index contributed by atoms with van der Waals surface area (Å²) >= 11 is 0. The zero-order chi connectivity index (χ0) is 98.2. The molecule has 0 aromatic carbocycles. The molecule has 0 fully saturated rings. The van der Waals surface area contributed by atoms with E-state index in [1.54, 1.807) is 0 Å². The molecule has 67 atom stereocenters. The van der Waals surface area contributed by atoms with Crippen LogP contribution in [-0.2, 0) is 0 Å². The molecule has 0 rings (SSSR count). The van der Waals surface area contributed by atoms with E-state index in [1.807, 2.05) is 0 Å². The van der Waals surface area contributed by atoms with Gasteiger partial charge in [-0.3, -0.25) is 0 Å². The van der Waals surface area contributed by atoms with E-state index in [4.69, 9.17) is 0 Å². The molecular weight excluding hydrogens is 3840 g/mol. The Kier molecular flexibility index (Phi) is 139. The van der Waals surface area contributed by atoms with Crippen molar-refractivity contribution in [2.75, 3.05) is 0 Å². The molecule has 0 aliphatic carbocycles. The molecular formula is H126P124. The third kappa shape index (κ3) is 61.9. The van der Waals surface area contributed by atoms with Crippen LogP contribution in [-0.4, -0.2) is 0 Å². The van der Waals surface area contributed by atoms with Gasteiger partial charge in [-0.2, -0.15) is 0 Å². The van der Waals surface area contributed by atoms with Gasteiger partial charge in [0.05, 0.1) is 0 Å². The van der Waals surface area contributed by atoms with Crippen molar-refractivity contribution in [2.24, 2.45) is 0 Å². The smallest absolute Gasteiger partial charge is 0.000000166 e. The van der Waals surface area contributed by atoms with Crippen molar-refractivity contribution in [3.8, 4) is 0 Å². The van der Waals surface area contributed by atoms with Crippen molar-refractivity contribution < 1.29 is 0 Å². The van der Waals surface area contributed by atoms with Gasteiger partial charge in [0.1, 0.15) is 0 Å². The highest BCUT2D eigenvalue weighted by atomic mass is 33.7. The fourth-order valence-electron chi connectivity index (χ4n) is 7.68. The van der Waals surface area contributed by atoms with Crippen LogP contribution in [0.3, 0.4) is 0 Å². The van der Waals surface area contributed by atoms with Crippen molar-refractivity contribution in [1.82, 2.24) is 0 Å². The maximum atomic E-state index is 4.24. The molecule has 124 heteroatoms. The van der Waals surface area contributed by atoms with Gasteiger partial charge < -0.3 is 0 Å². The molecule has 0 aromatic rings. The van der Waals surface area contributed by atoms with Crippen LogP contribution >= 0.6 is 989 Å². The van der Waals surface area contributed by atoms with E-state index >= 15 is 0 Å². The lowest BCUT2D eigenvalue weighted by molar-refractivity contribution is 4.27. The quantitative estimate of drug-likeness (QED) is 0.0533. The fraction of sp³-hybridized carbons (Fsp3) is 0. The van der Waals surface area contributed by atoms with Gasteiger partial charge in [-0.1, -0.05) is 0 Å². The molecule has 67 unspecified atom stereocenters. The molecule has 0 saturated heterocycles. The summed E-state index contributed by atoms with van der Waals surface area (Å²) in [7, 11) is 247. The number of rotatable bonds is 60. The molecule has 0 saturated carbocycles. The van der Waals surface area contributed by atoms with E-state index in [2.05, 4.69) is 562 Å².